The predicted octanol–water partition coefficient (Wildman–Crippen LogP) is 5.61. The van der Waals surface area contributed by atoms with Gasteiger partial charge in [0.25, 0.3) is 5.95 Å². The third-order valence-electron chi connectivity index (χ3n) is 6.06. The van der Waals surface area contributed by atoms with Gasteiger partial charge in [0.05, 0.1) is 18.1 Å². The van der Waals surface area contributed by atoms with E-state index >= 15 is 0 Å². The third-order valence-corrected chi connectivity index (χ3v) is 6.06. The summed E-state index contributed by atoms with van der Waals surface area (Å²) in [6, 6.07) is 0. The summed E-state index contributed by atoms with van der Waals surface area (Å²) in [5.41, 5.74) is 3.85. The van der Waals surface area contributed by atoms with Gasteiger partial charge >= 0.3 is 0 Å². The summed E-state index contributed by atoms with van der Waals surface area (Å²) in [7, 11) is 1.51. The van der Waals surface area contributed by atoms with Gasteiger partial charge in [-0.25, -0.2) is 0 Å². The number of carbonyl (C=O) groups excluding carboxylic acids is 1. The molecule has 0 amide bonds. The van der Waals surface area contributed by atoms with Gasteiger partial charge in [0.1, 0.15) is 11.5 Å². The van der Waals surface area contributed by atoms with Crippen LogP contribution >= 0.6 is 0 Å². The molecule has 1 heterocycles. The van der Waals surface area contributed by atoms with Crippen LogP contribution in [0, 0.1) is 25.7 Å². The SMILES string of the molecule is CCC(=O)[C@@H](C)C=C(C)[C@@H]1C(C)=CC(C)=C[C@]1(C)c1oc(OC)c(C)c(=O)c1C. The summed E-state index contributed by atoms with van der Waals surface area (Å²) in [5, 5.41) is 0. The highest BCUT2D eigenvalue weighted by Gasteiger charge is 2.42. The molecule has 0 saturated carbocycles. The second kappa shape index (κ2) is 8.56. The first-order chi connectivity index (χ1) is 13.5. The van der Waals surface area contributed by atoms with Crippen LogP contribution in [0.3, 0.4) is 0 Å². The fraction of sp³-hybridized carbons (Fsp3) is 0.520. The number of ketones is 1. The van der Waals surface area contributed by atoms with Crippen molar-refractivity contribution in [3.05, 3.63) is 62.1 Å². The van der Waals surface area contributed by atoms with Gasteiger partial charge in [-0.3, -0.25) is 9.59 Å². The topological polar surface area (TPSA) is 56.5 Å². The largest absolute Gasteiger partial charge is 0.468 e. The minimum atomic E-state index is -0.567. The molecule has 0 saturated heterocycles. The van der Waals surface area contributed by atoms with Gasteiger partial charge in [-0.2, -0.15) is 0 Å². The number of carbonyl (C=O) groups is 1. The minimum Gasteiger partial charge on any atom is -0.468 e. The average Bonchev–Trinajstić information content (AvgIpc) is 2.64. The van der Waals surface area contributed by atoms with Crippen molar-refractivity contribution in [2.24, 2.45) is 11.8 Å². The molecule has 0 aliphatic heterocycles. The van der Waals surface area contributed by atoms with E-state index < -0.39 is 5.41 Å². The highest BCUT2D eigenvalue weighted by Crippen LogP contribution is 2.47. The van der Waals surface area contributed by atoms with Crippen molar-refractivity contribution in [2.45, 2.75) is 67.2 Å². The van der Waals surface area contributed by atoms with Crippen LogP contribution in [0.15, 0.2) is 44.2 Å². The smallest absolute Gasteiger partial charge is 0.291 e. The summed E-state index contributed by atoms with van der Waals surface area (Å²) >= 11 is 0. The highest BCUT2D eigenvalue weighted by molar-refractivity contribution is 5.82. The fourth-order valence-corrected chi connectivity index (χ4v) is 4.88. The molecule has 1 aromatic rings. The van der Waals surface area contributed by atoms with Crippen LogP contribution in [0.4, 0.5) is 0 Å². The summed E-state index contributed by atoms with van der Waals surface area (Å²) in [4.78, 5) is 25.0. The normalized spacial score (nSPS) is 23.3. The lowest BCUT2D eigenvalue weighted by atomic mass is 9.64. The summed E-state index contributed by atoms with van der Waals surface area (Å²) in [6.07, 6.45) is 6.90. The summed E-state index contributed by atoms with van der Waals surface area (Å²) in [6.45, 7) is 15.7. The Morgan fingerprint density at radius 3 is 2.45 bits per heavy atom. The van der Waals surface area contributed by atoms with E-state index in [0.717, 1.165) is 11.1 Å². The molecule has 0 spiro atoms. The highest BCUT2D eigenvalue weighted by atomic mass is 16.6. The minimum absolute atomic E-state index is 0.0208. The molecule has 29 heavy (non-hydrogen) atoms. The number of allylic oxidation sites excluding steroid dienone is 6. The van der Waals surface area contributed by atoms with Gasteiger partial charge in [0.2, 0.25) is 0 Å². The van der Waals surface area contributed by atoms with Crippen LogP contribution < -0.4 is 10.2 Å². The standard InChI is InChI=1S/C25H34O4/c1-10-20(26)15(3)12-17(5)21-16(4)11-14(2)13-25(21,8)23-18(6)22(27)19(7)24(28-9)29-23/h11-13,15,21H,10H2,1-9H3/t15-,21-,25-/m0/s1. The Labute approximate surface area is 174 Å². The monoisotopic (exact) mass is 398 g/mol. The molecule has 0 N–H and O–H groups in total. The third kappa shape index (κ3) is 4.17. The van der Waals surface area contributed by atoms with Crippen LogP contribution in [0.25, 0.3) is 0 Å². The first-order valence-electron chi connectivity index (χ1n) is 10.2. The van der Waals surface area contributed by atoms with Gasteiger partial charge in [0, 0.05) is 23.8 Å². The summed E-state index contributed by atoms with van der Waals surface area (Å²) in [5.74, 6) is 0.918. The van der Waals surface area contributed by atoms with Crippen molar-refractivity contribution in [3.63, 3.8) is 0 Å². The van der Waals surface area contributed by atoms with Gasteiger partial charge < -0.3 is 9.15 Å². The molecule has 4 nitrogen and oxygen atoms in total. The number of ether oxygens (including phenoxy) is 1. The Morgan fingerprint density at radius 1 is 1.28 bits per heavy atom. The molecular formula is C25H34O4. The number of methoxy groups -OCH3 is 1. The van der Waals surface area contributed by atoms with E-state index in [1.807, 2.05) is 20.8 Å². The quantitative estimate of drug-likeness (QED) is 0.585. The van der Waals surface area contributed by atoms with Crippen LogP contribution in [0.2, 0.25) is 0 Å². The van der Waals surface area contributed by atoms with Gasteiger partial charge in [-0.05, 0) is 41.5 Å². The van der Waals surface area contributed by atoms with E-state index in [2.05, 4.69) is 45.9 Å². The van der Waals surface area contributed by atoms with Crippen LogP contribution in [-0.4, -0.2) is 12.9 Å². The van der Waals surface area contributed by atoms with Crippen LogP contribution in [0.5, 0.6) is 5.95 Å². The molecular weight excluding hydrogens is 364 g/mol. The van der Waals surface area contributed by atoms with Crippen molar-refractivity contribution < 1.29 is 13.9 Å². The molecule has 0 bridgehead atoms. The van der Waals surface area contributed by atoms with Gasteiger partial charge in [-0.15, -0.1) is 0 Å². The first-order valence-corrected chi connectivity index (χ1v) is 10.2. The molecule has 158 valence electrons. The van der Waals surface area contributed by atoms with Crippen LogP contribution in [-0.2, 0) is 10.2 Å². The molecule has 0 radical (unpaired) electrons. The zero-order chi connectivity index (χ0) is 22.1. The molecule has 1 aliphatic carbocycles. The van der Waals surface area contributed by atoms with Crippen molar-refractivity contribution in [1.29, 1.82) is 0 Å². The lowest BCUT2D eigenvalue weighted by Gasteiger charge is -2.40. The molecule has 0 aromatic carbocycles. The Bertz CT molecular complexity index is 958. The van der Waals surface area contributed by atoms with E-state index in [-0.39, 0.29) is 29.0 Å². The van der Waals surface area contributed by atoms with Crippen molar-refractivity contribution in [2.75, 3.05) is 7.11 Å². The molecule has 1 aromatic heterocycles. The van der Waals surface area contributed by atoms with E-state index in [1.54, 1.807) is 6.92 Å². The molecule has 4 heteroatoms. The molecule has 3 atom stereocenters. The molecule has 1 aliphatic rings. The Morgan fingerprint density at radius 2 is 1.90 bits per heavy atom. The molecule has 0 unspecified atom stereocenters. The van der Waals surface area contributed by atoms with Gasteiger partial charge in [-0.1, -0.05) is 48.8 Å². The molecule has 2 rings (SSSR count). The lowest BCUT2D eigenvalue weighted by Crippen LogP contribution is -2.36. The van der Waals surface area contributed by atoms with Crippen molar-refractivity contribution >= 4 is 5.78 Å². The molecule has 0 fully saturated rings. The average molecular weight is 399 g/mol. The van der Waals surface area contributed by atoms with E-state index in [1.165, 1.54) is 12.7 Å². The number of rotatable bonds is 6. The number of Topliss-reactive ketones (excluding diaryl/α,β-unsaturated/α-hetero) is 1. The number of hydrogen-bond donors (Lipinski definition) is 0. The Kier molecular flexibility index (Phi) is 6.77. The number of hydrogen-bond acceptors (Lipinski definition) is 4. The van der Waals surface area contributed by atoms with Crippen LogP contribution in [0.1, 0.15) is 64.9 Å². The van der Waals surface area contributed by atoms with E-state index in [0.29, 0.717) is 23.3 Å². The Hall–Kier alpha value is -2.36. The second-order valence-electron chi connectivity index (χ2n) is 8.51. The maximum atomic E-state index is 12.9. The zero-order valence-corrected chi connectivity index (χ0v) is 19.2. The second-order valence-corrected chi connectivity index (χ2v) is 8.51. The first kappa shape index (κ1) is 22.9. The summed E-state index contributed by atoms with van der Waals surface area (Å²) < 4.78 is 11.5. The van der Waals surface area contributed by atoms with Crippen molar-refractivity contribution in [1.82, 2.24) is 0 Å². The van der Waals surface area contributed by atoms with E-state index in [4.69, 9.17) is 9.15 Å². The van der Waals surface area contributed by atoms with Crippen molar-refractivity contribution in [3.8, 4) is 5.95 Å². The Balaban J connectivity index is 2.74. The maximum Gasteiger partial charge on any atom is 0.291 e. The van der Waals surface area contributed by atoms with Gasteiger partial charge in [0.15, 0.2) is 5.43 Å². The zero-order valence-electron chi connectivity index (χ0n) is 19.2. The van der Waals surface area contributed by atoms with E-state index in [9.17, 15) is 9.59 Å². The lowest BCUT2D eigenvalue weighted by molar-refractivity contribution is -0.120. The predicted molar refractivity (Wildman–Crippen MR) is 118 cm³/mol. The fourth-order valence-electron chi connectivity index (χ4n) is 4.88. The maximum absolute atomic E-state index is 12.9.